The lowest BCUT2D eigenvalue weighted by Crippen LogP contribution is -2.31. The van der Waals surface area contributed by atoms with Gasteiger partial charge >= 0.3 is 0 Å². The summed E-state index contributed by atoms with van der Waals surface area (Å²) in [5.41, 5.74) is 3.65. The summed E-state index contributed by atoms with van der Waals surface area (Å²) in [6.45, 7) is 11.5. The van der Waals surface area contributed by atoms with E-state index in [0.29, 0.717) is 18.2 Å². The average Bonchev–Trinajstić information content (AvgIpc) is 3.26. The third-order valence-electron chi connectivity index (χ3n) is 5.48. The maximum absolute atomic E-state index is 12.8. The molecule has 3 rings (SSSR count). The molecule has 6 nitrogen and oxygen atoms in total. The average molecular weight is 384 g/mol. The normalized spacial score (nSPS) is 17.8. The van der Waals surface area contributed by atoms with Crippen molar-refractivity contribution >= 4 is 5.91 Å². The van der Waals surface area contributed by atoms with Crippen molar-refractivity contribution in [1.29, 1.82) is 0 Å². The van der Waals surface area contributed by atoms with Crippen LogP contribution in [0.2, 0.25) is 0 Å². The molecule has 2 heterocycles. The van der Waals surface area contributed by atoms with Crippen LogP contribution >= 0.6 is 0 Å². The number of carbonyl (C=O) groups excluding carboxylic acids is 1. The van der Waals surface area contributed by atoms with Crippen LogP contribution in [0.15, 0.2) is 24.3 Å². The number of benzene rings is 1. The fourth-order valence-electron chi connectivity index (χ4n) is 3.76. The van der Waals surface area contributed by atoms with Crippen molar-refractivity contribution in [3.63, 3.8) is 0 Å². The van der Waals surface area contributed by atoms with Gasteiger partial charge in [0.2, 0.25) is 0 Å². The number of amides is 1. The second-order valence-corrected chi connectivity index (χ2v) is 8.97. The van der Waals surface area contributed by atoms with Gasteiger partial charge in [-0.2, -0.15) is 0 Å². The lowest BCUT2D eigenvalue weighted by Gasteiger charge is -2.19. The van der Waals surface area contributed by atoms with Gasteiger partial charge in [-0.1, -0.05) is 51.5 Å². The van der Waals surface area contributed by atoms with Gasteiger partial charge in [0.25, 0.3) is 5.91 Å². The Labute approximate surface area is 168 Å². The van der Waals surface area contributed by atoms with E-state index in [9.17, 15) is 4.79 Å². The van der Waals surface area contributed by atoms with Gasteiger partial charge in [-0.3, -0.25) is 4.79 Å². The van der Waals surface area contributed by atoms with Crippen molar-refractivity contribution in [3.8, 4) is 5.69 Å². The zero-order chi connectivity index (χ0) is 20.3. The number of rotatable bonds is 6. The molecule has 0 spiro atoms. The van der Waals surface area contributed by atoms with Crippen molar-refractivity contribution < 1.29 is 4.79 Å². The molecule has 0 aliphatic carbocycles. The molecule has 1 aliphatic rings. The smallest absolute Gasteiger partial charge is 0.273 e. The molecular weight excluding hydrogens is 350 g/mol. The summed E-state index contributed by atoms with van der Waals surface area (Å²) in [6, 6.07) is 8.38. The number of hydrogen-bond donors (Lipinski definition) is 1. The molecule has 2 aromatic rings. The first-order valence-corrected chi connectivity index (χ1v) is 10.3. The van der Waals surface area contributed by atoms with E-state index >= 15 is 0 Å². The van der Waals surface area contributed by atoms with E-state index in [1.807, 2.05) is 4.68 Å². The number of nitrogens with one attached hydrogen (secondary N) is 1. The summed E-state index contributed by atoms with van der Waals surface area (Å²) in [7, 11) is 2.12. The fourth-order valence-corrected chi connectivity index (χ4v) is 3.76. The quantitative estimate of drug-likeness (QED) is 0.832. The Hall–Kier alpha value is -2.21. The largest absolute Gasteiger partial charge is 0.350 e. The van der Waals surface area contributed by atoms with Crippen LogP contribution in [-0.4, -0.2) is 52.5 Å². The summed E-state index contributed by atoms with van der Waals surface area (Å²) in [6.07, 6.45) is 2.83. The predicted octanol–water partition coefficient (Wildman–Crippen LogP) is 3.20. The van der Waals surface area contributed by atoms with Crippen molar-refractivity contribution in [3.05, 3.63) is 41.2 Å². The SMILES string of the molecule is CCCc1c(C(=O)NC[C@H]2CCN(C)C2)nnn1-c1ccc(C(C)(C)C)cc1. The second-order valence-electron chi connectivity index (χ2n) is 8.97. The molecule has 1 fully saturated rings. The lowest BCUT2D eigenvalue weighted by atomic mass is 9.87. The highest BCUT2D eigenvalue weighted by atomic mass is 16.2. The third-order valence-corrected chi connectivity index (χ3v) is 5.48. The first-order chi connectivity index (χ1) is 13.3. The van der Waals surface area contributed by atoms with E-state index < -0.39 is 0 Å². The summed E-state index contributed by atoms with van der Waals surface area (Å²) < 4.78 is 1.81. The molecule has 28 heavy (non-hydrogen) atoms. The molecule has 0 radical (unpaired) electrons. The van der Waals surface area contributed by atoms with Crippen molar-refractivity contribution in [2.75, 3.05) is 26.7 Å². The highest BCUT2D eigenvalue weighted by molar-refractivity contribution is 5.93. The van der Waals surface area contributed by atoms with E-state index in [1.54, 1.807) is 0 Å². The van der Waals surface area contributed by atoms with Gasteiger partial charge < -0.3 is 10.2 Å². The maximum atomic E-state index is 12.8. The molecular formula is C22H33N5O. The number of aromatic nitrogens is 3. The zero-order valence-electron chi connectivity index (χ0n) is 17.8. The molecule has 1 saturated heterocycles. The van der Waals surface area contributed by atoms with Gasteiger partial charge in [0.1, 0.15) is 0 Å². The van der Waals surface area contributed by atoms with Gasteiger partial charge in [0.15, 0.2) is 5.69 Å². The maximum Gasteiger partial charge on any atom is 0.273 e. The van der Waals surface area contributed by atoms with E-state index in [1.165, 1.54) is 5.56 Å². The van der Waals surface area contributed by atoms with E-state index in [0.717, 1.165) is 43.7 Å². The molecule has 0 unspecified atom stereocenters. The molecule has 1 aromatic heterocycles. The van der Waals surface area contributed by atoms with Crippen LogP contribution in [0.4, 0.5) is 0 Å². The lowest BCUT2D eigenvalue weighted by molar-refractivity contribution is 0.0941. The predicted molar refractivity (Wildman–Crippen MR) is 112 cm³/mol. The van der Waals surface area contributed by atoms with Crippen LogP contribution in [0.1, 0.15) is 62.3 Å². The highest BCUT2D eigenvalue weighted by Gasteiger charge is 2.23. The van der Waals surface area contributed by atoms with Crippen LogP contribution in [-0.2, 0) is 11.8 Å². The number of likely N-dealkylation sites (tertiary alicyclic amines) is 1. The summed E-state index contributed by atoms with van der Waals surface area (Å²) in [5, 5.41) is 11.6. The monoisotopic (exact) mass is 383 g/mol. The molecule has 0 bridgehead atoms. The Balaban J connectivity index is 1.78. The van der Waals surface area contributed by atoms with Crippen LogP contribution in [0, 0.1) is 5.92 Å². The minimum Gasteiger partial charge on any atom is -0.350 e. The third kappa shape index (κ3) is 4.61. The van der Waals surface area contributed by atoms with Crippen LogP contribution in [0.3, 0.4) is 0 Å². The molecule has 0 saturated carbocycles. The van der Waals surface area contributed by atoms with Gasteiger partial charge in [-0.25, -0.2) is 4.68 Å². The Morgan fingerprint density at radius 3 is 2.54 bits per heavy atom. The van der Waals surface area contributed by atoms with Crippen molar-refractivity contribution in [2.45, 2.75) is 52.4 Å². The Bertz CT molecular complexity index is 803. The minimum atomic E-state index is -0.115. The molecule has 1 aliphatic heterocycles. The number of hydrogen-bond acceptors (Lipinski definition) is 4. The minimum absolute atomic E-state index is 0.104. The molecule has 1 atom stereocenters. The standard InChI is InChI=1S/C22H33N5O/c1-6-7-19-20(21(28)23-14-16-12-13-26(5)15-16)24-25-27(19)18-10-8-17(9-11-18)22(2,3)4/h8-11,16H,6-7,12-15H2,1-5H3,(H,23,28)/t16-/m1/s1. The Morgan fingerprint density at radius 2 is 1.96 bits per heavy atom. The number of carbonyl (C=O) groups is 1. The highest BCUT2D eigenvalue weighted by Crippen LogP contribution is 2.24. The zero-order valence-corrected chi connectivity index (χ0v) is 17.8. The molecule has 1 N–H and O–H groups in total. The van der Waals surface area contributed by atoms with E-state index in [2.05, 4.69) is 79.5 Å². The first-order valence-electron chi connectivity index (χ1n) is 10.3. The second kappa shape index (κ2) is 8.43. The van der Waals surface area contributed by atoms with Gasteiger partial charge in [-0.15, -0.1) is 5.10 Å². The topological polar surface area (TPSA) is 63.1 Å². The van der Waals surface area contributed by atoms with E-state index in [-0.39, 0.29) is 11.3 Å². The van der Waals surface area contributed by atoms with Crippen LogP contribution in [0.5, 0.6) is 0 Å². The van der Waals surface area contributed by atoms with Crippen molar-refractivity contribution in [2.24, 2.45) is 5.92 Å². The molecule has 1 aromatic carbocycles. The molecule has 152 valence electrons. The van der Waals surface area contributed by atoms with Gasteiger partial charge in [-0.05, 0) is 55.5 Å². The molecule has 1 amide bonds. The first kappa shape index (κ1) is 20.5. The van der Waals surface area contributed by atoms with Gasteiger partial charge in [0, 0.05) is 13.1 Å². The fraction of sp³-hybridized carbons (Fsp3) is 0.591. The van der Waals surface area contributed by atoms with Crippen LogP contribution in [0.25, 0.3) is 5.69 Å². The van der Waals surface area contributed by atoms with E-state index in [4.69, 9.17) is 0 Å². The Kier molecular flexibility index (Phi) is 6.18. The molecule has 6 heteroatoms. The van der Waals surface area contributed by atoms with Crippen LogP contribution < -0.4 is 5.32 Å². The summed E-state index contributed by atoms with van der Waals surface area (Å²) in [4.78, 5) is 15.1. The Morgan fingerprint density at radius 1 is 1.25 bits per heavy atom. The number of nitrogens with zero attached hydrogens (tertiary/aromatic N) is 4. The summed E-state index contributed by atoms with van der Waals surface area (Å²) >= 11 is 0. The summed E-state index contributed by atoms with van der Waals surface area (Å²) in [5.74, 6) is 0.402. The van der Waals surface area contributed by atoms with Crippen molar-refractivity contribution in [1.82, 2.24) is 25.2 Å². The van der Waals surface area contributed by atoms with Gasteiger partial charge in [0.05, 0.1) is 11.4 Å².